The van der Waals surface area contributed by atoms with E-state index in [1.807, 2.05) is 30.3 Å². The van der Waals surface area contributed by atoms with E-state index in [-0.39, 0.29) is 17.5 Å². The zero-order valence-corrected chi connectivity index (χ0v) is 12.3. The highest BCUT2D eigenvalue weighted by Gasteiger charge is 2.41. The van der Waals surface area contributed by atoms with E-state index >= 15 is 0 Å². The molecule has 1 aromatic heterocycles. The quantitative estimate of drug-likeness (QED) is 0.940. The monoisotopic (exact) mass is 306 g/mol. The molecule has 5 nitrogen and oxygen atoms in total. The SMILES string of the molecule is Cc1noc(Cl)c1CC(=O)NC1(c2ccccc2)COC1. The van der Waals surface area contributed by atoms with Crippen LogP contribution in [0.5, 0.6) is 0 Å². The Kier molecular flexibility index (Phi) is 3.69. The number of amides is 1. The first-order valence-electron chi connectivity index (χ1n) is 6.66. The number of aromatic nitrogens is 1. The average Bonchev–Trinajstić information content (AvgIpc) is 2.76. The fourth-order valence-electron chi connectivity index (χ4n) is 2.40. The minimum atomic E-state index is -0.449. The predicted molar refractivity (Wildman–Crippen MR) is 77.0 cm³/mol. The van der Waals surface area contributed by atoms with Crippen molar-refractivity contribution >= 4 is 17.5 Å². The lowest BCUT2D eigenvalue weighted by atomic mass is 9.87. The first kappa shape index (κ1) is 14.1. The van der Waals surface area contributed by atoms with E-state index in [2.05, 4.69) is 10.5 Å². The van der Waals surface area contributed by atoms with Crippen molar-refractivity contribution in [1.82, 2.24) is 10.5 Å². The van der Waals surface area contributed by atoms with E-state index in [1.54, 1.807) is 6.92 Å². The predicted octanol–water partition coefficient (Wildman–Crippen LogP) is 2.22. The van der Waals surface area contributed by atoms with Crippen LogP contribution in [0.3, 0.4) is 0 Å². The summed E-state index contributed by atoms with van der Waals surface area (Å²) in [5, 5.41) is 6.96. The summed E-state index contributed by atoms with van der Waals surface area (Å²) in [5.41, 5.74) is 1.85. The number of carbonyl (C=O) groups is 1. The third kappa shape index (κ3) is 2.66. The number of rotatable bonds is 4. The maximum atomic E-state index is 12.3. The molecule has 0 unspecified atom stereocenters. The van der Waals surface area contributed by atoms with Crippen LogP contribution in [0.4, 0.5) is 0 Å². The molecule has 0 atom stereocenters. The van der Waals surface area contributed by atoms with Crippen LogP contribution in [-0.2, 0) is 21.5 Å². The molecule has 1 aromatic carbocycles. The van der Waals surface area contributed by atoms with Crippen LogP contribution >= 0.6 is 11.6 Å². The van der Waals surface area contributed by atoms with Crippen molar-refractivity contribution < 1.29 is 14.1 Å². The van der Waals surface area contributed by atoms with Gasteiger partial charge in [-0.05, 0) is 24.1 Å². The molecule has 3 rings (SSSR count). The lowest BCUT2D eigenvalue weighted by molar-refractivity contribution is -0.133. The van der Waals surface area contributed by atoms with Gasteiger partial charge in [0.1, 0.15) is 5.54 Å². The Morgan fingerprint density at radius 3 is 2.62 bits per heavy atom. The smallest absolute Gasteiger partial charge is 0.229 e. The molecule has 0 aliphatic carbocycles. The minimum Gasteiger partial charge on any atom is -0.376 e. The third-order valence-electron chi connectivity index (χ3n) is 3.68. The van der Waals surface area contributed by atoms with E-state index in [0.29, 0.717) is 24.5 Å². The molecule has 1 fully saturated rings. The zero-order valence-electron chi connectivity index (χ0n) is 11.6. The molecule has 1 saturated heterocycles. The molecule has 6 heteroatoms. The molecule has 1 N–H and O–H groups in total. The summed E-state index contributed by atoms with van der Waals surface area (Å²) in [5.74, 6) is -0.129. The maximum Gasteiger partial charge on any atom is 0.229 e. The molecule has 21 heavy (non-hydrogen) atoms. The van der Waals surface area contributed by atoms with Crippen molar-refractivity contribution in [1.29, 1.82) is 0 Å². The molecular formula is C15H15ClN2O3. The summed E-state index contributed by atoms with van der Waals surface area (Å²) in [4.78, 5) is 12.3. The molecule has 2 heterocycles. The highest BCUT2D eigenvalue weighted by Crippen LogP contribution is 2.30. The fourth-order valence-corrected chi connectivity index (χ4v) is 2.64. The highest BCUT2D eigenvalue weighted by molar-refractivity contribution is 6.29. The molecule has 0 radical (unpaired) electrons. The number of hydrogen-bond donors (Lipinski definition) is 1. The fraction of sp³-hybridized carbons (Fsp3) is 0.333. The molecule has 2 aromatic rings. The van der Waals surface area contributed by atoms with Gasteiger partial charge >= 0.3 is 0 Å². The van der Waals surface area contributed by atoms with Gasteiger partial charge in [0.25, 0.3) is 0 Å². The van der Waals surface area contributed by atoms with E-state index < -0.39 is 5.54 Å². The molecule has 110 valence electrons. The lowest BCUT2D eigenvalue weighted by Crippen LogP contribution is -2.59. The topological polar surface area (TPSA) is 64.4 Å². The molecule has 0 bridgehead atoms. The number of nitrogens with one attached hydrogen (secondary N) is 1. The van der Waals surface area contributed by atoms with Gasteiger partial charge in [-0.1, -0.05) is 35.5 Å². The van der Waals surface area contributed by atoms with E-state index in [0.717, 1.165) is 5.56 Å². The summed E-state index contributed by atoms with van der Waals surface area (Å²) in [6, 6.07) is 9.81. The van der Waals surface area contributed by atoms with Crippen LogP contribution in [0.25, 0.3) is 0 Å². The molecule has 1 amide bonds. The number of hydrogen-bond acceptors (Lipinski definition) is 4. The second-order valence-electron chi connectivity index (χ2n) is 5.19. The summed E-state index contributed by atoms with van der Waals surface area (Å²) in [6.07, 6.45) is 0.142. The number of benzene rings is 1. The van der Waals surface area contributed by atoms with Crippen molar-refractivity contribution in [3.8, 4) is 0 Å². The Hall–Kier alpha value is -1.85. The maximum absolute atomic E-state index is 12.3. The van der Waals surface area contributed by atoms with Crippen molar-refractivity contribution in [3.63, 3.8) is 0 Å². The van der Waals surface area contributed by atoms with Gasteiger partial charge in [-0.2, -0.15) is 0 Å². The van der Waals surface area contributed by atoms with Crippen LogP contribution < -0.4 is 5.32 Å². The summed E-state index contributed by atoms with van der Waals surface area (Å²) < 4.78 is 10.2. The van der Waals surface area contributed by atoms with Gasteiger partial charge < -0.3 is 14.6 Å². The highest BCUT2D eigenvalue weighted by atomic mass is 35.5. The summed E-state index contributed by atoms with van der Waals surface area (Å²) in [6.45, 7) is 2.70. The second kappa shape index (κ2) is 5.50. The molecule has 1 aliphatic heterocycles. The van der Waals surface area contributed by atoms with Crippen LogP contribution in [-0.4, -0.2) is 24.3 Å². The Morgan fingerprint density at radius 2 is 2.10 bits per heavy atom. The Labute approximate surface area is 127 Å². The van der Waals surface area contributed by atoms with Crippen LogP contribution in [0.2, 0.25) is 5.22 Å². The Bertz CT molecular complexity index is 631. The minimum absolute atomic E-state index is 0.129. The van der Waals surface area contributed by atoms with Gasteiger partial charge in [0, 0.05) is 5.56 Å². The van der Waals surface area contributed by atoms with Gasteiger partial charge in [0.2, 0.25) is 11.1 Å². The Morgan fingerprint density at radius 1 is 1.38 bits per heavy atom. The van der Waals surface area contributed by atoms with Crippen LogP contribution in [0, 0.1) is 6.92 Å². The number of halogens is 1. The number of ether oxygens (including phenoxy) is 1. The summed E-state index contributed by atoms with van der Waals surface area (Å²) in [7, 11) is 0. The first-order chi connectivity index (χ1) is 10.1. The molecule has 0 spiro atoms. The number of nitrogens with zero attached hydrogens (tertiary/aromatic N) is 1. The molecular weight excluding hydrogens is 292 g/mol. The van der Waals surface area contributed by atoms with Gasteiger partial charge in [-0.25, -0.2) is 0 Å². The lowest BCUT2D eigenvalue weighted by Gasteiger charge is -2.42. The van der Waals surface area contributed by atoms with Crippen molar-refractivity contribution in [3.05, 3.63) is 52.4 Å². The Balaban J connectivity index is 1.75. The normalized spacial score (nSPS) is 16.3. The van der Waals surface area contributed by atoms with Gasteiger partial charge in [-0.3, -0.25) is 4.79 Å². The van der Waals surface area contributed by atoms with E-state index in [4.69, 9.17) is 20.9 Å². The summed E-state index contributed by atoms with van der Waals surface area (Å²) >= 11 is 5.89. The van der Waals surface area contributed by atoms with Gasteiger partial charge in [0.15, 0.2) is 0 Å². The van der Waals surface area contributed by atoms with Crippen LogP contribution in [0.1, 0.15) is 16.8 Å². The van der Waals surface area contributed by atoms with Crippen molar-refractivity contribution in [2.45, 2.75) is 18.9 Å². The standard InChI is InChI=1S/C15H15ClN2O3/c1-10-12(14(16)21-18-10)7-13(19)17-15(8-20-9-15)11-5-3-2-4-6-11/h2-6H,7-9H2,1H3,(H,17,19). The zero-order chi connectivity index (χ0) is 14.9. The third-order valence-corrected chi connectivity index (χ3v) is 3.97. The number of aryl methyl sites for hydroxylation is 1. The molecule has 0 saturated carbocycles. The molecule has 1 aliphatic rings. The van der Waals surface area contributed by atoms with E-state index in [9.17, 15) is 4.79 Å². The average molecular weight is 307 g/mol. The van der Waals surface area contributed by atoms with E-state index in [1.165, 1.54) is 0 Å². The largest absolute Gasteiger partial charge is 0.376 e. The number of carbonyl (C=O) groups excluding carboxylic acids is 1. The van der Waals surface area contributed by atoms with Crippen molar-refractivity contribution in [2.75, 3.05) is 13.2 Å². The van der Waals surface area contributed by atoms with Gasteiger partial charge in [-0.15, -0.1) is 0 Å². The van der Waals surface area contributed by atoms with Crippen LogP contribution in [0.15, 0.2) is 34.9 Å². The first-order valence-corrected chi connectivity index (χ1v) is 7.03. The van der Waals surface area contributed by atoms with Crippen molar-refractivity contribution in [2.24, 2.45) is 0 Å². The second-order valence-corrected chi connectivity index (χ2v) is 5.53. The van der Waals surface area contributed by atoms with Gasteiger partial charge in [0.05, 0.1) is 25.3 Å².